The number of hydrogen-bond donors (Lipinski definition) is 2. The van der Waals surface area contributed by atoms with Gasteiger partial charge in [0.25, 0.3) is 0 Å². The molecule has 5 heteroatoms. The summed E-state index contributed by atoms with van der Waals surface area (Å²) in [6.45, 7) is 3.55. The lowest BCUT2D eigenvalue weighted by Crippen LogP contribution is -2.47. The van der Waals surface area contributed by atoms with Crippen LogP contribution in [0.15, 0.2) is 18.2 Å². The Morgan fingerprint density at radius 2 is 2.05 bits per heavy atom. The van der Waals surface area contributed by atoms with Crippen molar-refractivity contribution in [2.24, 2.45) is 0 Å². The second-order valence-corrected chi connectivity index (χ2v) is 5.41. The van der Waals surface area contributed by atoms with E-state index in [0.29, 0.717) is 12.0 Å². The average Bonchev–Trinajstić information content (AvgIpc) is 3.01. The highest BCUT2D eigenvalue weighted by Gasteiger charge is 2.34. The first kappa shape index (κ1) is 15.8. The number of ether oxygens (including phenoxy) is 1. The molecule has 116 valence electrons. The molecule has 1 aromatic rings. The molecule has 0 aromatic heterocycles. The SMILES string of the molecule is CCC(O)C(C(=O)c1ccc(O)c(OC)c1)N1CCCC1. The highest BCUT2D eigenvalue weighted by atomic mass is 16.5. The molecule has 1 heterocycles. The zero-order valence-electron chi connectivity index (χ0n) is 12.6. The summed E-state index contributed by atoms with van der Waals surface area (Å²) in [7, 11) is 1.45. The molecule has 0 amide bonds. The van der Waals surface area contributed by atoms with Crippen molar-refractivity contribution in [3.05, 3.63) is 23.8 Å². The van der Waals surface area contributed by atoms with Crippen molar-refractivity contribution < 1.29 is 19.7 Å². The maximum absolute atomic E-state index is 12.8. The molecule has 0 bridgehead atoms. The van der Waals surface area contributed by atoms with E-state index in [4.69, 9.17) is 4.74 Å². The largest absolute Gasteiger partial charge is 0.504 e. The van der Waals surface area contributed by atoms with Crippen LogP contribution in [0.5, 0.6) is 11.5 Å². The number of likely N-dealkylation sites (tertiary alicyclic amines) is 1. The van der Waals surface area contributed by atoms with Crippen LogP contribution in [0.3, 0.4) is 0 Å². The highest BCUT2D eigenvalue weighted by molar-refractivity contribution is 6.01. The van der Waals surface area contributed by atoms with Crippen molar-refractivity contribution >= 4 is 5.78 Å². The number of phenols is 1. The van der Waals surface area contributed by atoms with Gasteiger partial charge in [-0.3, -0.25) is 9.69 Å². The number of aromatic hydroxyl groups is 1. The quantitative estimate of drug-likeness (QED) is 0.783. The molecule has 0 radical (unpaired) electrons. The number of hydrogen-bond acceptors (Lipinski definition) is 5. The highest BCUT2D eigenvalue weighted by Crippen LogP contribution is 2.28. The van der Waals surface area contributed by atoms with Gasteiger partial charge in [-0.15, -0.1) is 0 Å². The molecule has 1 aliphatic rings. The number of phenolic OH excluding ortho intramolecular Hbond substituents is 1. The molecule has 2 rings (SSSR count). The number of Topliss-reactive ketones (excluding diaryl/α,β-unsaturated/α-hetero) is 1. The predicted molar refractivity (Wildman–Crippen MR) is 79.9 cm³/mol. The number of nitrogens with zero attached hydrogens (tertiary/aromatic N) is 1. The summed E-state index contributed by atoms with van der Waals surface area (Å²) >= 11 is 0. The van der Waals surface area contributed by atoms with Gasteiger partial charge < -0.3 is 14.9 Å². The lowest BCUT2D eigenvalue weighted by molar-refractivity contribution is 0.0463. The lowest BCUT2D eigenvalue weighted by atomic mass is 9.96. The summed E-state index contributed by atoms with van der Waals surface area (Å²) in [5, 5.41) is 19.9. The fourth-order valence-electron chi connectivity index (χ4n) is 2.83. The third-order valence-electron chi connectivity index (χ3n) is 4.05. The van der Waals surface area contributed by atoms with E-state index in [0.717, 1.165) is 25.9 Å². The number of benzene rings is 1. The Morgan fingerprint density at radius 1 is 1.38 bits per heavy atom. The van der Waals surface area contributed by atoms with Crippen molar-refractivity contribution in [1.82, 2.24) is 4.90 Å². The van der Waals surface area contributed by atoms with Crippen LogP contribution in [0.1, 0.15) is 36.5 Å². The number of aliphatic hydroxyl groups is 1. The molecular weight excluding hydrogens is 270 g/mol. The summed E-state index contributed by atoms with van der Waals surface area (Å²) in [5.41, 5.74) is 0.453. The first-order valence-electron chi connectivity index (χ1n) is 7.41. The molecular formula is C16H23NO4. The van der Waals surface area contributed by atoms with Crippen LogP contribution in [0, 0.1) is 0 Å². The molecule has 1 aliphatic heterocycles. The van der Waals surface area contributed by atoms with Gasteiger partial charge in [0.1, 0.15) is 0 Å². The van der Waals surface area contributed by atoms with Gasteiger partial charge >= 0.3 is 0 Å². The molecule has 0 saturated carbocycles. The van der Waals surface area contributed by atoms with Crippen molar-refractivity contribution in [2.75, 3.05) is 20.2 Å². The maximum atomic E-state index is 12.8. The molecule has 0 spiro atoms. The predicted octanol–water partition coefficient (Wildman–Crippen LogP) is 1.82. The van der Waals surface area contributed by atoms with Crippen LogP contribution in [0.2, 0.25) is 0 Å². The van der Waals surface area contributed by atoms with E-state index in [2.05, 4.69) is 4.90 Å². The number of carbonyl (C=O) groups excluding carboxylic acids is 1. The Morgan fingerprint density at radius 3 is 2.62 bits per heavy atom. The minimum absolute atomic E-state index is 0.00260. The molecule has 2 atom stereocenters. The Kier molecular flexibility index (Phi) is 5.20. The van der Waals surface area contributed by atoms with Gasteiger partial charge in [-0.1, -0.05) is 6.92 Å². The van der Waals surface area contributed by atoms with Gasteiger partial charge in [0.15, 0.2) is 17.3 Å². The van der Waals surface area contributed by atoms with Crippen LogP contribution in [0.4, 0.5) is 0 Å². The number of carbonyl (C=O) groups is 1. The first-order chi connectivity index (χ1) is 10.1. The monoisotopic (exact) mass is 293 g/mol. The molecule has 2 N–H and O–H groups in total. The van der Waals surface area contributed by atoms with Crippen LogP contribution in [0.25, 0.3) is 0 Å². The summed E-state index contributed by atoms with van der Waals surface area (Å²) in [5.74, 6) is 0.152. The van der Waals surface area contributed by atoms with E-state index in [-0.39, 0.29) is 17.3 Å². The molecule has 0 aliphatic carbocycles. The smallest absolute Gasteiger partial charge is 0.182 e. The van der Waals surface area contributed by atoms with Crippen molar-refractivity contribution in [1.29, 1.82) is 0 Å². The van der Waals surface area contributed by atoms with Gasteiger partial charge in [0.2, 0.25) is 0 Å². The Bertz CT molecular complexity index is 497. The number of methoxy groups -OCH3 is 1. The molecule has 1 saturated heterocycles. The third kappa shape index (κ3) is 3.36. The summed E-state index contributed by atoms with van der Waals surface area (Å²) in [6.07, 6.45) is 1.95. The topological polar surface area (TPSA) is 70.0 Å². The van der Waals surface area contributed by atoms with E-state index in [1.54, 1.807) is 6.07 Å². The molecule has 2 unspecified atom stereocenters. The van der Waals surface area contributed by atoms with Gasteiger partial charge in [-0.25, -0.2) is 0 Å². The summed E-state index contributed by atoms with van der Waals surface area (Å²) < 4.78 is 5.05. The van der Waals surface area contributed by atoms with Crippen molar-refractivity contribution in [2.45, 2.75) is 38.3 Å². The van der Waals surface area contributed by atoms with E-state index in [1.165, 1.54) is 19.2 Å². The summed E-state index contributed by atoms with van der Waals surface area (Å²) in [6, 6.07) is 4.03. The minimum Gasteiger partial charge on any atom is -0.504 e. The third-order valence-corrected chi connectivity index (χ3v) is 4.05. The van der Waals surface area contributed by atoms with Crippen molar-refractivity contribution in [3.8, 4) is 11.5 Å². The number of ketones is 1. The normalized spacial score (nSPS) is 18.4. The average molecular weight is 293 g/mol. The van der Waals surface area contributed by atoms with Gasteiger partial charge in [0, 0.05) is 5.56 Å². The zero-order valence-corrected chi connectivity index (χ0v) is 12.6. The second kappa shape index (κ2) is 6.91. The van der Waals surface area contributed by atoms with Crippen LogP contribution >= 0.6 is 0 Å². The summed E-state index contributed by atoms with van der Waals surface area (Å²) in [4.78, 5) is 14.8. The van der Waals surface area contributed by atoms with E-state index >= 15 is 0 Å². The van der Waals surface area contributed by atoms with Crippen LogP contribution < -0.4 is 4.74 Å². The number of aliphatic hydroxyl groups excluding tert-OH is 1. The Labute approximate surface area is 125 Å². The molecule has 21 heavy (non-hydrogen) atoms. The molecule has 1 fully saturated rings. The molecule has 5 nitrogen and oxygen atoms in total. The Balaban J connectivity index is 2.28. The van der Waals surface area contributed by atoms with Crippen LogP contribution in [-0.4, -0.2) is 53.2 Å². The second-order valence-electron chi connectivity index (χ2n) is 5.41. The van der Waals surface area contributed by atoms with E-state index < -0.39 is 12.1 Å². The van der Waals surface area contributed by atoms with Crippen LogP contribution in [-0.2, 0) is 0 Å². The number of rotatable bonds is 6. The molecule has 1 aromatic carbocycles. The zero-order chi connectivity index (χ0) is 15.4. The van der Waals surface area contributed by atoms with Gasteiger partial charge in [-0.05, 0) is 50.6 Å². The van der Waals surface area contributed by atoms with E-state index in [1.807, 2.05) is 6.92 Å². The Hall–Kier alpha value is -1.59. The first-order valence-corrected chi connectivity index (χ1v) is 7.41. The fraction of sp³-hybridized carbons (Fsp3) is 0.562. The van der Waals surface area contributed by atoms with Gasteiger partial charge in [0.05, 0.1) is 19.3 Å². The van der Waals surface area contributed by atoms with Crippen molar-refractivity contribution in [3.63, 3.8) is 0 Å². The fourth-order valence-corrected chi connectivity index (χ4v) is 2.83. The minimum atomic E-state index is -0.685. The van der Waals surface area contributed by atoms with Gasteiger partial charge in [-0.2, -0.15) is 0 Å². The maximum Gasteiger partial charge on any atom is 0.182 e. The standard InChI is InChI=1S/C16H23NO4/c1-3-12(18)15(17-8-4-5-9-17)16(20)11-6-7-13(19)14(10-11)21-2/h6-7,10,12,15,18-19H,3-5,8-9H2,1-2H3. The lowest BCUT2D eigenvalue weighted by Gasteiger charge is -2.30. The van der Waals surface area contributed by atoms with E-state index in [9.17, 15) is 15.0 Å².